The number of hydrogen-bond acceptors (Lipinski definition) is 3. The number of hydrogen-bond donors (Lipinski definition) is 1. The van der Waals surface area contributed by atoms with Crippen LogP contribution in [0.25, 0.3) is 0 Å². The number of anilines is 2. The van der Waals surface area contributed by atoms with Crippen LogP contribution in [0.2, 0.25) is 5.02 Å². The van der Waals surface area contributed by atoms with Gasteiger partial charge >= 0.3 is 6.03 Å². The van der Waals surface area contributed by atoms with Crippen molar-refractivity contribution in [1.82, 2.24) is 0 Å². The monoisotopic (exact) mass is 363 g/mol. The molecule has 2 aromatic carbocycles. The van der Waals surface area contributed by atoms with Gasteiger partial charge in [0.15, 0.2) is 5.17 Å². The first-order valence-electron chi connectivity index (χ1n) is 7.36. The summed E-state index contributed by atoms with van der Waals surface area (Å²) < 4.78 is 13.2. The van der Waals surface area contributed by atoms with E-state index in [9.17, 15) is 9.18 Å². The van der Waals surface area contributed by atoms with E-state index < -0.39 is 0 Å². The van der Waals surface area contributed by atoms with Gasteiger partial charge in [-0.05, 0) is 48.5 Å². The van der Waals surface area contributed by atoms with E-state index in [1.54, 1.807) is 36.4 Å². The van der Waals surface area contributed by atoms with Crippen molar-refractivity contribution in [3.8, 4) is 0 Å². The van der Waals surface area contributed by atoms with Crippen LogP contribution in [-0.2, 0) is 0 Å². The van der Waals surface area contributed by atoms with Crippen molar-refractivity contribution >= 4 is 45.9 Å². The molecule has 0 aliphatic carbocycles. The van der Waals surface area contributed by atoms with Gasteiger partial charge in [0.1, 0.15) is 5.82 Å². The summed E-state index contributed by atoms with van der Waals surface area (Å²) in [6.07, 6.45) is 0. The van der Waals surface area contributed by atoms with Gasteiger partial charge in [0.05, 0.1) is 12.2 Å². The average Bonchev–Trinajstić information content (AvgIpc) is 2.98. The second kappa shape index (κ2) is 7.23. The van der Waals surface area contributed by atoms with Crippen molar-refractivity contribution in [3.05, 3.63) is 59.4 Å². The van der Waals surface area contributed by atoms with Gasteiger partial charge < -0.3 is 5.32 Å². The molecule has 2 aromatic rings. The van der Waals surface area contributed by atoms with E-state index in [2.05, 4.69) is 10.3 Å². The Balaban J connectivity index is 1.87. The maximum atomic E-state index is 13.2. The van der Waals surface area contributed by atoms with Crippen LogP contribution in [-0.4, -0.2) is 23.0 Å². The lowest BCUT2D eigenvalue weighted by Crippen LogP contribution is -2.38. The number of carbonyl (C=O) groups excluding carboxylic acids is 1. The minimum absolute atomic E-state index is 0.297. The van der Waals surface area contributed by atoms with Crippen LogP contribution < -0.4 is 10.2 Å². The van der Waals surface area contributed by atoms with Crippen molar-refractivity contribution in [2.24, 2.45) is 4.99 Å². The van der Waals surface area contributed by atoms with E-state index in [0.29, 0.717) is 33.4 Å². The van der Waals surface area contributed by atoms with Gasteiger partial charge in [-0.3, -0.25) is 4.99 Å². The van der Waals surface area contributed by atoms with Crippen molar-refractivity contribution in [3.63, 3.8) is 0 Å². The van der Waals surface area contributed by atoms with Crippen LogP contribution in [0.1, 0.15) is 6.92 Å². The van der Waals surface area contributed by atoms with E-state index in [1.165, 1.54) is 28.8 Å². The number of amides is 2. The molecule has 0 radical (unpaired) electrons. The highest BCUT2D eigenvalue weighted by Gasteiger charge is 2.27. The molecule has 0 fully saturated rings. The predicted octanol–water partition coefficient (Wildman–Crippen LogP) is 5.01. The van der Waals surface area contributed by atoms with Crippen molar-refractivity contribution in [2.75, 3.05) is 16.8 Å². The van der Waals surface area contributed by atoms with Crippen LogP contribution in [0.5, 0.6) is 0 Å². The predicted molar refractivity (Wildman–Crippen MR) is 98.7 cm³/mol. The minimum Gasteiger partial charge on any atom is -0.307 e. The topological polar surface area (TPSA) is 44.7 Å². The molecule has 4 nitrogen and oxygen atoms in total. The van der Waals surface area contributed by atoms with Gasteiger partial charge in [-0.2, -0.15) is 0 Å². The molecular formula is C17H15ClFN3OS. The summed E-state index contributed by atoms with van der Waals surface area (Å²) in [5, 5.41) is 4.30. The molecular weight excluding hydrogens is 349 g/mol. The molecule has 0 bridgehead atoms. The first-order chi connectivity index (χ1) is 11.5. The maximum absolute atomic E-state index is 13.2. The van der Waals surface area contributed by atoms with Crippen LogP contribution in [0.4, 0.5) is 20.6 Å². The van der Waals surface area contributed by atoms with E-state index in [4.69, 9.17) is 11.6 Å². The fourth-order valence-corrected chi connectivity index (χ4v) is 3.28. The number of halogens is 2. The van der Waals surface area contributed by atoms with Gasteiger partial charge in [-0.1, -0.05) is 30.3 Å². The smallest absolute Gasteiger partial charge is 0.307 e. The number of amidine groups is 1. The molecule has 0 saturated heterocycles. The molecule has 0 aromatic heterocycles. The summed E-state index contributed by atoms with van der Waals surface area (Å²) in [5.74, 6) is -0.355. The SMILES string of the molecule is CC1CN=C(N(C(=O)Nc2ccc(Cl)cc2)c2ccc(F)cc2)S1. The van der Waals surface area contributed by atoms with Gasteiger partial charge in [-0.15, -0.1) is 0 Å². The van der Waals surface area contributed by atoms with E-state index in [0.717, 1.165) is 0 Å². The van der Waals surface area contributed by atoms with Crippen LogP contribution in [0, 0.1) is 5.82 Å². The van der Waals surface area contributed by atoms with Gasteiger partial charge in [-0.25, -0.2) is 14.1 Å². The molecule has 0 saturated carbocycles. The lowest BCUT2D eigenvalue weighted by molar-refractivity contribution is 0.259. The summed E-state index contributed by atoms with van der Waals surface area (Å²) in [6, 6.07) is 12.2. The summed E-state index contributed by atoms with van der Waals surface area (Å²) in [4.78, 5) is 18.7. The normalized spacial score (nSPS) is 16.6. The molecule has 1 N–H and O–H groups in total. The zero-order valence-corrected chi connectivity index (χ0v) is 14.4. The molecule has 3 rings (SSSR count). The maximum Gasteiger partial charge on any atom is 0.332 e. The molecule has 1 atom stereocenters. The second-order valence-electron chi connectivity index (χ2n) is 5.30. The largest absolute Gasteiger partial charge is 0.332 e. The average molecular weight is 364 g/mol. The molecule has 2 amide bonds. The molecule has 1 heterocycles. The third-order valence-corrected chi connectivity index (χ3v) is 4.69. The Morgan fingerprint density at radius 2 is 1.92 bits per heavy atom. The fraction of sp³-hybridized carbons (Fsp3) is 0.176. The molecule has 1 unspecified atom stereocenters. The van der Waals surface area contributed by atoms with Gasteiger partial charge in [0, 0.05) is 16.0 Å². The quantitative estimate of drug-likeness (QED) is 0.815. The Hall–Kier alpha value is -2.05. The van der Waals surface area contributed by atoms with E-state index >= 15 is 0 Å². The van der Waals surface area contributed by atoms with E-state index in [-0.39, 0.29) is 11.8 Å². The highest BCUT2D eigenvalue weighted by molar-refractivity contribution is 8.15. The standard InChI is InChI=1S/C17H15ClFN3OS/c1-11-10-20-17(24-11)22(15-8-4-13(19)5-9-15)16(23)21-14-6-2-12(18)3-7-14/h2-9,11H,10H2,1H3,(H,21,23). The minimum atomic E-state index is -0.357. The third-order valence-electron chi connectivity index (χ3n) is 3.36. The number of urea groups is 1. The number of thioether (sulfide) groups is 1. The third kappa shape index (κ3) is 3.88. The molecule has 0 spiro atoms. The van der Waals surface area contributed by atoms with Gasteiger partial charge in [0.25, 0.3) is 0 Å². The molecule has 7 heteroatoms. The Kier molecular flexibility index (Phi) is 5.06. The Morgan fingerprint density at radius 3 is 2.50 bits per heavy atom. The summed E-state index contributed by atoms with van der Waals surface area (Å²) in [5.41, 5.74) is 1.18. The molecule has 24 heavy (non-hydrogen) atoms. The van der Waals surface area contributed by atoms with E-state index in [1.807, 2.05) is 6.92 Å². The lowest BCUT2D eigenvalue weighted by atomic mass is 10.3. The molecule has 124 valence electrons. The molecule has 1 aliphatic heterocycles. The molecule has 1 aliphatic rings. The van der Waals surface area contributed by atoms with Crippen LogP contribution in [0.15, 0.2) is 53.5 Å². The second-order valence-corrected chi connectivity index (χ2v) is 7.14. The highest BCUT2D eigenvalue weighted by atomic mass is 35.5. The Morgan fingerprint density at radius 1 is 1.25 bits per heavy atom. The van der Waals surface area contributed by atoms with Crippen LogP contribution in [0.3, 0.4) is 0 Å². The Bertz CT molecular complexity index is 764. The summed E-state index contributed by atoms with van der Waals surface area (Å²) in [7, 11) is 0. The summed E-state index contributed by atoms with van der Waals surface area (Å²) in [6.45, 7) is 2.69. The fourth-order valence-electron chi connectivity index (χ4n) is 2.20. The first kappa shape index (κ1) is 16.8. The van der Waals surface area contributed by atoms with Crippen molar-refractivity contribution in [2.45, 2.75) is 12.2 Å². The number of nitrogens with zero attached hydrogens (tertiary/aromatic N) is 2. The van der Waals surface area contributed by atoms with Crippen LogP contribution >= 0.6 is 23.4 Å². The lowest BCUT2D eigenvalue weighted by Gasteiger charge is -2.22. The number of carbonyl (C=O) groups is 1. The first-order valence-corrected chi connectivity index (χ1v) is 8.62. The zero-order valence-electron chi connectivity index (χ0n) is 12.9. The zero-order chi connectivity index (χ0) is 17.1. The highest BCUT2D eigenvalue weighted by Crippen LogP contribution is 2.28. The summed E-state index contributed by atoms with van der Waals surface area (Å²) >= 11 is 7.37. The number of rotatable bonds is 2. The number of aliphatic imine (C=N–C) groups is 1. The van der Waals surface area contributed by atoms with Crippen molar-refractivity contribution in [1.29, 1.82) is 0 Å². The van der Waals surface area contributed by atoms with Gasteiger partial charge in [0.2, 0.25) is 0 Å². The Labute approximate surface area is 148 Å². The number of nitrogens with one attached hydrogen (secondary N) is 1. The number of benzene rings is 2. The van der Waals surface area contributed by atoms with Crippen molar-refractivity contribution < 1.29 is 9.18 Å².